The summed E-state index contributed by atoms with van der Waals surface area (Å²) < 4.78 is 5.67. The Bertz CT molecular complexity index is 332. The Kier molecular flexibility index (Phi) is 3.16. The molecule has 3 aliphatic carbocycles. The van der Waals surface area contributed by atoms with Gasteiger partial charge in [0.25, 0.3) is 0 Å². The van der Waals surface area contributed by atoms with Crippen LogP contribution in [-0.2, 0) is 9.53 Å². The Labute approximate surface area is 108 Å². The van der Waals surface area contributed by atoms with Crippen molar-refractivity contribution in [3.05, 3.63) is 0 Å². The largest absolute Gasteiger partial charge is 0.443 e. The van der Waals surface area contributed by atoms with Crippen LogP contribution < -0.4 is 5.32 Å². The molecular formula is C14H23NO3. The van der Waals surface area contributed by atoms with Gasteiger partial charge in [-0.2, -0.15) is 0 Å². The molecule has 0 radical (unpaired) electrons. The lowest BCUT2D eigenvalue weighted by Crippen LogP contribution is -2.52. The van der Waals surface area contributed by atoms with E-state index in [1.165, 1.54) is 0 Å². The zero-order valence-electron chi connectivity index (χ0n) is 11.5. The molecule has 1 N–H and O–H groups in total. The van der Waals surface area contributed by atoms with Gasteiger partial charge >= 0.3 is 6.09 Å². The third-order valence-corrected chi connectivity index (χ3v) is 4.27. The highest BCUT2D eigenvalue weighted by Gasteiger charge is 2.51. The standard InChI is InChI=1S/C14H23NO3/c1-12(2,3)15-11(17)18-14-7-4-13(10-16,5-8-14)6-9-14/h10H,4-9H2,1-3H3,(H,15,17). The second kappa shape index (κ2) is 4.25. The summed E-state index contributed by atoms with van der Waals surface area (Å²) in [5.41, 5.74) is -0.713. The number of carbonyl (C=O) groups excluding carboxylic acids is 2. The minimum atomic E-state index is -0.331. The summed E-state index contributed by atoms with van der Waals surface area (Å²) >= 11 is 0. The monoisotopic (exact) mass is 253 g/mol. The maximum absolute atomic E-state index is 11.9. The van der Waals surface area contributed by atoms with E-state index in [1.54, 1.807) is 0 Å². The molecule has 0 aliphatic heterocycles. The molecular weight excluding hydrogens is 230 g/mol. The van der Waals surface area contributed by atoms with Crippen molar-refractivity contribution in [2.24, 2.45) is 5.41 Å². The quantitative estimate of drug-likeness (QED) is 0.770. The van der Waals surface area contributed by atoms with E-state index in [1.807, 2.05) is 20.8 Å². The average Bonchev–Trinajstić information content (AvgIpc) is 2.28. The first-order valence-corrected chi connectivity index (χ1v) is 6.76. The fourth-order valence-corrected chi connectivity index (χ4v) is 3.04. The number of alkyl carbamates (subject to hydrolysis) is 1. The van der Waals surface area contributed by atoms with E-state index in [9.17, 15) is 9.59 Å². The van der Waals surface area contributed by atoms with Crippen LogP contribution in [0.2, 0.25) is 0 Å². The lowest BCUT2D eigenvalue weighted by molar-refractivity contribution is -0.133. The number of hydrogen-bond donors (Lipinski definition) is 1. The molecule has 1 amide bonds. The first-order chi connectivity index (χ1) is 8.28. The molecule has 4 heteroatoms. The molecule has 0 aromatic rings. The van der Waals surface area contributed by atoms with E-state index in [0.29, 0.717) is 0 Å². The Morgan fingerprint density at radius 2 is 1.61 bits per heavy atom. The zero-order chi connectivity index (χ0) is 13.4. The number of carbonyl (C=O) groups is 2. The smallest absolute Gasteiger partial charge is 0.408 e. The van der Waals surface area contributed by atoms with Crippen LogP contribution in [0.25, 0.3) is 0 Å². The number of nitrogens with one attached hydrogen (secondary N) is 1. The van der Waals surface area contributed by atoms with Crippen molar-refractivity contribution in [1.29, 1.82) is 0 Å². The van der Waals surface area contributed by atoms with Crippen LogP contribution >= 0.6 is 0 Å². The van der Waals surface area contributed by atoms with E-state index in [4.69, 9.17) is 4.74 Å². The highest BCUT2D eigenvalue weighted by Crippen LogP contribution is 2.52. The summed E-state index contributed by atoms with van der Waals surface area (Å²) in [4.78, 5) is 23.0. The molecule has 0 aromatic heterocycles. The molecule has 3 fully saturated rings. The van der Waals surface area contributed by atoms with Crippen molar-refractivity contribution in [2.75, 3.05) is 0 Å². The van der Waals surface area contributed by atoms with Gasteiger partial charge in [0.05, 0.1) is 0 Å². The molecule has 0 unspecified atom stereocenters. The SMILES string of the molecule is CC(C)(C)NC(=O)OC12CCC(C=O)(CC1)CC2. The van der Waals surface area contributed by atoms with Crippen molar-refractivity contribution in [3.8, 4) is 0 Å². The fraction of sp³-hybridized carbons (Fsp3) is 0.857. The summed E-state index contributed by atoms with van der Waals surface area (Å²) in [5.74, 6) is 0. The number of rotatable bonds is 2. The van der Waals surface area contributed by atoms with Crippen LogP contribution in [0.1, 0.15) is 59.3 Å². The van der Waals surface area contributed by atoms with Crippen LogP contribution in [0.15, 0.2) is 0 Å². The lowest BCUT2D eigenvalue weighted by Gasteiger charge is -2.50. The highest BCUT2D eigenvalue weighted by molar-refractivity contribution is 5.69. The topological polar surface area (TPSA) is 55.4 Å². The molecule has 2 bridgehead atoms. The summed E-state index contributed by atoms with van der Waals surface area (Å²) in [6.45, 7) is 5.81. The van der Waals surface area contributed by atoms with Gasteiger partial charge < -0.3 is 14.8 Å². The van der Waals surface area contributed by atoms with Crippen molar-refractivity contribution in [1.82, 2.24) is 5.32 Å². The number of aldehydes is 1. The summed E-state index contributed by atoms with van der Waals surface area (Å²) in [6.07, 6.45) is 5.84. The molecule has 0 heterocycles. The molecule has 102 valence electrons. The Morgan fingerprint density at radius 1 is 1.11 bits per heavy atom. The van der Waals surface area contributed by atoms with Gasteiger partial charge in [0.2, 0.25) is 0 Å². The Balaban J connectivity index is 1.95. The van der Waals surface area contributed by atoms with Gasteiger partial charge in [0.15, 0.2) is 0 Å². The van der Waals surface area contributed by atoms with Gasteiger partial charge in [-0.05, 0) is 59.3 Å². The van der Waals surface area contributed by atoms with Gasteiger partial charge in [-0.15, -0.1) is 0 Å². The zero-order valence-corrected chi connectivity index (χ0v) is 11.5. The molecule has 0 saturated heterocycles. The normalized spacial score (nSPS) is 35.1. The van der Waals surface area contributed by atoms with Crippen LogP contribution in [0, 0.1) is 5.41 Å². The number of fused-ring (bicyclic) bond motifs is 3. The van der Waals surface area contributed by atoms with Crippen LogP contribution in [0.5, 0.6) is 0 Å². The Morgan fingerprint density at radius 3 is 2.00 bits per heavy atom. The maximum atomic E-state index is 11.9. The minimum Gasteiger partial charge on any atom is -0.443 e. The summed E-state index contributed by atoms with van der Waals surface area (Å²) in [7, 11) is 0. The molecule has 0 spiro atoms. The molecule has 18 heavy (non-hydrogen) atoms. The number of ether oxygens (including phenoxy) is 1. The molecule has 3 rings (SSSR count). The predicted octanol–water partition coefficient (Wildman–Crippen LogP) is 2.80. The molecule has 3 saturated carbocycles. The van der Waals surface area contributed by atoms with Crippen molar-refractivity contribution < 1.29 is 14.3 Å². The first-order valence-electron chi connectivity index (χ1n) is 6.76. The Hall–Kier alpha value is -1.06. The molecule has 0 atom stereocenters. The first kappa shape index (κ1) is 13.4. The van der Waals surface area contributed by atoms with Crippen molar-refractivity contribution >= 4 is 12.4 Å². The van der Waals surface area contributed by atoms with Gasteiger partial charge in [0, 0.05) is 11.0 Å². The van der Waals surface area contributed by atoms with Gasteiger partial charge in [-0.3, -0.25) is 0 Å². The van der Waals surface area contributed by atoms with Crippen molar-refractivity contribution in [2.45, 2.75) is 70.4 Å². The van der Waals surface area contributed by atoms with Crippen LogP contribution in [-0.4, -0.2) is 23.5 Å². The average molecular weight is 253 g/mol. The lowest BCUT2D eigenvalue weighted by atomic mass is 9.59. The highest BCUT2D eigenvalue weighted by atomic mass is 16.6. The summed E-state index contributed by atoms with van der Waals surface area (Å²) in [6, 6.07) is 0. The maximum Gasteiger partial charge on any atom is 0.408 e. The second-order valence-electron chi connectivity index (χ2n) is 6.93. The van der Waals surface area contributed by atoms with E-state index in [2.05, 4.69) is 5.32 Å². The molecule has 0 aromatic carbocycles. The number of amides is 1. The van der Waals surface area contributed by atoms with E-state index < -0.39 is 0 Å². The van der Waals surface area contributed by atoms with E-state index in [-0.39, 0.29) is 22.6 Å². The third kappa shape index (κ3) is 2.68. The predicted molar refractivity (Wildman–Crippen MR) is 68.3 cm³/mol. The fourth-order valence-electron chi connectivity index (χ4n) is 3.04. The third-order valence-electron chi connectivity index (χ3n) is 4.27. The minimum absolute atomic E-state index is 0.119. The van der Waals surface area contributed by atoms with Gasteiger partial charge in [-0.1, -0.05) is 0 Å². The van der Waals surface area contributed by atoms with Gasteiger partial charge in [-0.25, -0.2) is 4.79 Å². The van der Waals surface area contributed by atoms with Crippen molar-refractivity contribution in [3.63, 3.8) is 0 Å². The van der Waals surface area contributed by atoms with Crippen LogP contribution in [0.3, 0.4) is 0 Å². The van der Waals surface area contributed by atoms with Gasteiger partial charge in [0.1, 0.15) is 11.9 Å². The molecule has 4 nitrogen and oxygen atoms in total. The second-order valence-corrected chi connectivity index (χ2v) is 6.93. The van der Waals surface area contributed by atoms with E-state index in [0.717, 1.165) is 44.8 Å². The summed E-state index contributed by atoms with van der Waals surface area (Å²) in [5, 5.41) is 2.84. The van der Waals surface area contributed by atoms with Crippen LogP contribution in [0.4, 0.5) is 4.79 Å². The van der Waals surface area contributed by atoms with E-state index >= 15 is 0 Å². The molecule has 3 aliphatic rings. The number of hydrogen-bond acceptors (Lipinski definition) is 3.